The summed E-state index contributed by atoms with van der Waals surface area (Å²) in [5, 5.41) is 2.62. The summed E-state index contributed by atoms with van der Waals surface area (Å²) in [4.78, 5) is 10.2. The topological polar surface area (TPSA) is 85.0 Å². The molecule has 0 radical (unpaired) electrons. The molecule has 1 aromatic heterocycles. The lowest BCUT2D eigenvalue weighted by Gasteiger charge is -2.14. The van der Waals surface area contributed by atoms with Crippen molar-refractivity contribution in [1.82, 2.24) is 9.88 Å². The lowest BCUT2D eigenvalue weighted by atomic mass is 10.2. The number of hydrogen-bond acceptors (Lipinski definition) is 5. The number of ether oxygens (including phenoxy) is 2. The van der Waals surface area contributed by atoms with Crippen LogP contribution in [0.2, 0.25) is 0 Å². The van der Waals surface area contributed by atoms with Crippen LogP contribution in [0.4, 0.5) is 18.9 Å². The van der Waals surface area contributed by atoms with E-state index in [-0.39, 0.29) is 18.2 Å². The molecule has 152 valence electrons. The van der Waals surface area contributed by atoms with Gasteiger partial charge in [0.05, 0.1) is 12.2 Å². The van der Waals surface area contributed by atoms with Gasteiger partial charge in [0, 0.05) is 18.8 Å². The van der Waals surface area contributed by atoms with Gasteiger partial charge in [-0.05, 0) is 37.9 Å². The molecule has 7 nitrogen and oxygen atoms in total. The molecule has 0 amide bonds. The summed E-state index contributed by atoms with van der Waals surface area (Å²) in [5.74, 6) is 0.0174. The number of nitrogens with one attached hydrogen (secondary N) is 1. The standard InChI is InChI=1S/C18H22F3N5O2/c1-26(2)9-10-27-16-11-13(7-8-23-16)12-24-17(22)25-14-5-3-4-6-15(14)28-18(19,20)21/h3-8,11H,9-10,12H2,1-2H3,(H3,22,24,25). The van der Waals surface area contributed by atoms with Gasteiger partial charge in [-0.15, -0.1) is 13.2 Å². The summed E-state index contributed by atoms with van der Waals surface area (Å²) >= 11 is 0. The third-order valence-electron chi connectivity index (χ3n) is 3.40. The number of guanidine groups is 1. The number of rotatable bonds is 8. The second-order valence-electron chi connectivity index (χ2n) is 6.02. The third kappa shape index (κ3) is 7.70. The number of nitrogens with zero attached hydrogens (tertiary/aromatic N) is 3. The maximum Gasteiger partial charge on any atom is 0.573 e. The van der Waals surface area contributed by atoms with Crippen LogP contribution in [0.5, 0.6) is 11.6 Å². The number of para-hydroxylation sites is 2. The first-order valence-corrected chi connectivity index (χ1v) is 8.37. The molecule has 0 unspecified atom stereocenters. The molecule has 0 spiro atoms. The summed E-state index contributed by atoms with van der Waals surface area (Å²) in [6.45, 7) is 1.44. The number of alkyl halides is 3. The van der Waals surface area contributed by atoms with Crippen molar-refractivity contribution in [3.05, 3.63) is 48.2 Å². The second-order valence-corrected chi connectivity index (χ2v) is 6.02. The Labute approximate surface area is 161 Å². The molecule has 10 heteroatoms. The SMILES string of the molecule is CN(C)CCOc1cc(CN=C(N)Nc2ccccc2OC(F)(F)F)ccn1. The van der Waals surface area contributed by atoms with Gasteiger partial charge in [0.25, 0.3) is 0 Å². The highest BCUT2D eigenvalue weighted by atomic mass is 19.4. The maximum atomic E-state index is 12.5. The van der Waals surface area contributed by atoms with Gasteiger partial charge in [-0.2, -0.15) is 0 Å². The van der Waals surface area contributed by atoms with Crippen LogP contribution in [-0.2, 0) is 6.54 Å². The maximum absolute atomic E-state index is 12.5. The van der Waals surface area contributed by atoms with Crippen LogP contribution in [0.15, 0.2) is 47.6 Å². The number of hydrogen-bond donors (Lipinski definition) is 2. The molecule has 0 aliphatic carbocycles. The predicted octanol–water partition coefficient (Wildman–Crippen LogP) is 2.85. The minimum absolute atomic E-state index is 0.0508. The smallest absolute Gasteiger partial charge is 0.476 e. The van der Waals surface area contributed by atoms with E-state index in [9.17, 15) is 13.2 Å². The zero-order chi connectivity index (χ0) is 20.6. The summed E-state index contributed by atoms with van der Waals surface area (Å²) in [6, 6.07) is 9.05. The zero-order valence-electron chi connectivity index (χ0n) is 15.5. The minimum Gasteiger partial charge on any atom is -0.476 e. The van der Waals surface area contributed by atoms with E-state index in [1.165, 1.54) is 18.2 Å². The van der Waals surface area contributed by atoms with Gasteiger partial charge in [-0.25, -0.2) is 9.98 Å². The average molecular weight is 397 g/mol. The monoisotopic (exact) mass is 397 g/mol. The Bertz CT molecular complexity index is 797. The number of anilines is 1. The van der Waals surface area contributed by atoms with Crippen LogP contribution >= 0.6 is 0 Å². The van der Waals surface area contributed by atoms with Crippen molar-refractivity contribution in [3.63, 3.8) is 0 Å². The highest BCUT2D eigenvalue weighted by Crippen LogP contribution is 2.29. The quantitative estimate of drug-likeness (QED) is 0.526. The summed E-state index contributed by atoms with van der Waals surface area (Å²) in [7, 11) is 3.88. The number of halogens is 3. The largest absolute Gasteiger partial charge is 0.573 e. The fourth-order valence-corrected chi connectivity index (χ4v) is 2.10. The lowest BCUT2D eigenvalue weighted by Crippen LogP contribution is -2.24. The Morgan fingerprint density at radius 1 is 1.25 bits per heavy atom. The zero-order valence-corrected chi connectivity index (χ0v) is 15.5. The predicted molar refractivity (Wildman–Crippen MR) is 100 cm³/mol. The van der Waals surface area contributed by atoms with Gasteiger partial charge in [0.2, 0.25) is 5.88 Å². The fourth-order valence-electron chi connectivity index (χ4n) is 2.10. The fraction of sp³-hybridized carbons (Fsp3) is 0.333. The molecule has 0 saturated carbocycles. The van der Waals surface area contributed by atoms with Crippen LogP contribution in [0.3, 0.4) is 0 Å². The molecule has 0 fully saturated rings. The molecule has 2 rings (SSSR count). The molecule has 0 atom stereocenters. The number of nitrogens with two attached hydrogens (primary N) is 1. The van der Waals surface area contributed by atoms with Gasteiger partial charge in [-0.3, -0.25) is 0 Å². The Hall–Kier alpha value is -3.01. The normalized spacial score (nSPS) is 12.1. The summed E-state index contributed by atoms with van der Waals surface area (Å²) in [6.07, 6.45) is -3.21. The van der Waals surface area contributed by atoms with Crippen LogP contribution in [0.25, 0.3) is 0 Å². The molecule has 0 aliphatic rings. The average Bonchev–Trinajstić information content (AvgIpc) is 2.60. The van der Waals surface area contributed by atoms with E-state index in [1.54, 1.807) is 24.4 Å². The summed E-state index contributed by atoms with van der Waals surface area (Å²) < 4.78 is 46.9. The molecule has 1 aromatic carbocycles. The number of aromatic nitrogens is 1. The highest BCUT2D eigenvalue weighted by molar-refractivity contribution is 5.93. The van der Waals surface area contributed by atoms with Gasteiger partial charge in [0.1, 0.15) is 6.61 Å². The van der Waals surface area contributed by atoms with Crippen LogP contribution < -0.4 is 20.5 Å². The van der Waals surface area contributed by atoms with Crippen molar-refractivity contribution in [1.29, 1.82) is 0 Å². The molecule has 0 aliphatic heterocycles. The van der Waals surface area contributed by atoms with E-state index in [1.807, 2.05) is 19.0 Å². The van der Waals surface area contributed by atoms with E-state index in [4.69, 9.17) is 10.5 Å². The number of pyridine rings is 1. The first-order valence-electron chi connectivity index (χ1n) is 8.37. The Morgan fingerprint density at radius 2 is 2.00 bits per heavy atom. The van der Waals surface area contributed by atoms with E-state index < -0.39 is 12.1 Å². The van der Waals surface area contributed by atoms with Gasteiger partial charge < -0.3 is 25.4 Å². The van der Waals surface area contributed by atoms with Crippen LogP contribution in [0.1, 0.15) is 5.56 Å². The van der Waals surface area contributed by atoms with Crippen molar-refractivity contribution < 1.29 is 22.6 Å². The minimum atomic E-state index is -4.80. The molecular formula is C18H22F3N5O2. The third-order valence-corrected chi connectivity index (χ3v) is 3.40. The van der Waals surface area contributed by atoms with E-state index in [0.717, 1.165) is 12.1 Å². The van der Waals surface area contributed by atoms with Gasteiger partial charge >= 0.3 is 6.36 Å². The first kappa shape index (κ1) is 21.3. The molecular weight excluding hydrogens is 375 g/mol. The molecule has 2 aromatic rings. The Balaban J connectivity index is 1.98. The first-order chi connectivity index (χ1) is 13.2. The van der Waals surface area contributed by atoms with Crippen molar-refractivity contribution >= 4 is 11.6 Å². The van der Waals surface area contributed by atoms with Crippen molar-refractivity contribution in [2.45, 2.75) is 12.9 Å². The lowest BCUT2D eigenvalue weighted by molar-refractivity contribution is -0.274. The number of aliphatic imine (C=N–C) groups is 1. The number of benzene rings is 1. The molecule has 3 N–H and O–H groups in total. The van der Waals surface area contributed by atoms with E-state index in [0.29, 0.717) is 12.5 Å². The molecule has 28 heavy (non-hydrogen) atoms. The van der Waals surface area contributed by atoms with Crippen LogP contribution in [0, 0.1) is 0 Å². The highest BCUT2D eigenvalue weighted by Gasteiger charge is 2.32. The van der Waals surface area contributed by atoms with Gasteiger partial charge in [-0.1, -0.05) is 12.1 Å². The van der Waals surface area contributed by atoms with Crippen molar-refractivity contribution in [2.24, 2.45) is 10.7 Å². The van der Waals surface area contributed by atoms with Crippen molar-refractivity contribution in [2.75, 3.05) is 32.6 Å². The van der Waals surface area contributed by atoms with Crippen LogP contribution in [-0.4, -0.2) is 49.5 Å². The van der Waals surface area contributed by atoms with E-state index in [2.05, 4.69) is 20.0 Å². The molecule has 0 bridgehead atoms. The van der Waals surface area contributed by atoms with Crippen molar-refractivity contribution in [3.8, 4) is 11.6 Å². The van der Waals surface area contributed by atoms with Gasteiger partial charge in [0.15, 0.2) is 11.7 Å². The second kappa shape index (κ2) is 9.79. The summed E-state index contributed by atoms with van der Waals surface area (Å²) in [5.41, 5.74) is 6.64. The Morgan fingerprint density at radius 3 is 2.71 bits per heavy atom. The molecule has 1 heterocycles. The number of likely N-dealkylation sites (N-methyl/N-ethyl adjacent to an activating group) is 1. The Kier molecular flexibility index (Phi) is 7.44. The van der Waals surface area contributed by atoms with E-state index >= 15 is 0 Å². The molecule has 0 saturated heterocycles.